The fraction of sp³-hybridized carbons (Fsp3) is 0.900. The summed E-state index contributed by atoms with van der Waals surface area (Å²) < 4.78 is 0. The molecule has 0 fully saturated rings. The maximum atomic E-state index is 11.5. The predicted octanol–water partition coefficient (Wildman–Crippen LogP) is 1.05. The highest BCUT2D eigenvalue weighted by Gasteiger charge is 2.14. The van der Waals surface area contributed by atoms with Gasteiger partial charge in [0.2, 0.25) is 5.91 Å². The topological polar surface area (TPSA) is 32.3 Å². The molecule has 1 N–H and O–H groups in total. The van der Waals surface area contributed by atoms with Gasteiger partial charge in [-0.05, 0) is 31.4 Å². The average Bonchev–Trinajstić information content (AvgIpc) is 2.13. The molecule has 14 heavy (non-hydrogen) atoms. The van der Waals surface area contributed by atoms with Gasteiger partial charge in [0.15, 0.2) is 0 Å². The fourth-order valence-electron chi connectivity index (χ4n) is 1.20. The Morgan fingerprint density at radius 1 is 1.43 bits per heavy atom. The van der Waals surface area contributed by atoms with Crippen molar-refractivity contribution in [3.05, 3.63) is 0 Å². The second-order valence-electron chi connectivity index (χ2n) is 3.92. The number of carbonyl (C=O) groups excluding carboxylic acids is 1. The molecule has 0 aliphatic heterocycles. The molecule has 0 saturated heterocycles. The van der Waals surface area contributed by atoms with Crippen LogP contribution in [0.4, 0.5) is 0 Å². The van der Waals surface area contributed by atoms with Gasteiger partial charge in [-0.1, -0.05) is 6.92 Å². The zero-order valence-electron chi connectivity index (χ0n) is 9.83. The summed E-state index contributed by atoms with van der Waals surface area (Å²) in [5.74, 6) is 1.89. The first-order valence-corrected chi connectivity index (χ1v) is 6.32. The van der Waals surface area contributed by atoms with Crippen molar-refractivity contribution in [2.75, 3.05) is 32.6 Å². The molecule has 0 aliphatic rings. The van der Waals surface area contributed by atoms with Crippen LogP contribution in [0.2, 0.25) is 0 Å². The molecule has 0 radical (unpaired) electrons. The van der Waals surface area contributed by atoms with E-state index in [0.717, 1.165) is 12.3 Å². The molecule has 1 amide bonds. The van der Waals surface area contributed by atoms with Gasteiger partial charge in [0.25, 0.3) is 0 Å². The van der Waals surface area contributed by atoms with Crippen molar-refractivity contribution in [1.82, 2.24) is 10.2 Å². The van der Waals surface area contributed by atoms with E-state index in [1.807, 2.05) is 18.7 Å². The molecule has 2 atom stereocenters. The number of amides is 1. The summed E-state index contributed by atoms with van der Waals surface area (Å²) in [6, 6.07) is -0.0747. The standard InChI is InChI=1S/C10H22N2OS/c1-8(7-14-5)6-11-9(2)10(13)12(3)4/h8-9,11H,6-7H2,1-5H3. The summed E-state index contributed by atoms with van der Waals surface area (Å²) >= 11 is 1.84. The van der Waals surface area contributed by atoms with E-state index in [4.69, 9.17) is 0 Å². The van der Waals surface area contributed by atoms with Crippen molar-refractivity contribution < 1.29 is 4.79 Å². The van der Waals surface area contributed by atoms with E-state index in [0.29, 0.717) is 5.92 Å². The highest BCUT2D eigenvalue weighted by atomic mass is 32.2. The van der Waals surface area contributed by atoms with Crippen LogP contribution in [0.5, 0.6) is 0 Å². The first kappa shape index (κ1) is 13.8. The molecular weight excluding hydrogens is 196 g/mol. The molecule has 0 bridgehead atoms. The summed E-state index contributed by atoms with van der Waals surface area (Å²) in [4.78, 5) is 13.1. The Kier molecular flexibility index (Phi) is 7.01. The van der Waals surface area contributed by atoms with Crippen LogP contribution in [0, 0.1) is 5.92 Å². The maximum Gasteiger partial charge on any atom is 0.238 e. The van der Waals surface area contributed by atoms with Crippen molar-refractivity contribution in [3.8, 4) is 0 Å². The summed E-state index contributed by atoms with van der Waals surface area (Å²) in [6.07, 6.45) is 2.10. The Labute approximate surface area is 91.6 Å². The van der Waals surface area contributed by atoms with Gasteiger partial charge in [-0.2, -0.15) is 11.8 Å². The van der Waals surface area contributed by atoms with Gasteiger partial charge in [0.1, 0.15) is 0 Å². The van der Waals surface area contributed by atoms with E-state index in [1.54, 1.807) is 19.0 Å². The van der Waals surface area contributed by atoms with Crippen LogP contribution < -0.4 is 5.32 Å². The van der Waals surface area contributed by atoms with Gasteiger partial charge in [0.05, 0.1) is 6.04 Å². The lowest BCUT2D eigenvalue weighted by atomic mass is 10.2. The van der Waals surface area contributed by atoms with Gasteiger partial charge in [-0.15, -0.1) is 0 Å². The number of nitrogens with zero attached hydrogens (tertiary/aromatic N) is 1. The van der Waals surface area contributed by atoms with Crippen LogP contribution in [-0.2, 0) is 4.79 Å². The number of nitrogens with one attached hydrogen (secondary N) is 1. The van der Waals surface area contributed by atoms with Gasteiger partial charge in [-0.3, -0.25) is 4.79 Å². The van der Waals surface area contributed by atoms with Gasteiger partial charge < -0.3 is 10.2 Å². The SMILES string of the molecule is CSCC(C)CNC(C)C(=O)N(C)C. The van der Waals surface area contributed by atoms with Gasteiger partial charge in [0, 0.05) is 14.1 Å². The molecule has 0 heterocycles. The van der Waals surface area contributed by atoms with Crippen LogP contribution >= 0.6 is 11.8 Å². The Hall–Kier alpha value is -0.220. The number of rotatable bonds is 6. The van der Waals surface area contributed by atoms with E-state index in [9.17, 15) is 4.79 Å². The van der Waals surface area contributed by atoms with Crippen LogP contribution in [0.15, 0.2) is 0 Å². The molecule has 0 aromatic rings. The quantitative estimate of drug-likeness (QED) is 0.723. The third-order valence-electron chi connectivity index (χ3n) is 2.03. The summed E-state index contributed by atoms with van der Waals surface area (Å²) in [7, 11) is 3.57. The normalized spacial score (nSPS) is 14.9. The van der Waals surface area contributed by atoms with E-state index >= 15 is 0 Å². The first-order chi connectivity index (χ1) is 6.49. The van der Waals surface area contributed by atoms with E-state index in [2.05, 4.69) is 18.5 Å². The number of thioether (sulfide) groups is 1. The average molecular weight is 218 g/mol. The van der Waals surface area contributed by atoms with Crippen molar-refractivity contribution in [1.29, 1.82) is 0 Å². The molecule has 0 rings (SSSR count). The van der Waals surface area contributed by atoms with E-state index in [-0.39, 0.29) is 11.9 Å². The maximum absolute atomic E-state index is 11.5. The van der Waals surface area contributed by atoms with E-state index in [1.165, 1.54) is 0 Å². The highest BCUT2D eigenvalue weighted by molar-refractivity contribution is 7.98. The molecule has 2 unspecified atom stereocenters. The molecule has 3 nitrogen and oxygen atoms in total. The largest absolute Gasteiger partial charge is 0.347 e. The summed E-state index contributed by atoms with van der Waals surface area (Å²) in [5, 5.41) is 3.24. The molecule has 84 valence electrons. The Morgan fingerprint density at radius 3 is 2.43 bits per heavy atom. The fourth-order valence-corrected chi connectivity index (χ4v) is 1.88. The number of carbonyl (C=O) groups is 1. The molecule has 0 spiro atoms. The molecular formula is C10H22N2OS. The Balaban J connectivity index is 3.73. The summed E-state index contributed by atoms with van der Waals surface area (Å²) in [5.41, 5.74) is 0. The molecule has 0 aliphatic carbocycles. The van der Waals surface area contributed by atoms with Crippen molar-refractivity contribution in [3.63, 3.8) is 0 Å². The second kappa shape index (κ2) is 7.12. The van der Waals surface area contributed by atoms with Crippen molar-refractivity contribution in [2.45, 2.75) is 19.9 Å². The number of hydrogen-bond donors (Lipinski definition) is 1. The third-order valence-corrected chi connectivity index (χ3v) is 2.94. The summed E-state index contributed by atoms with van der Waals surface area (Å²) in [6.45, 7) is 5.01. The van der Waals surface area contributed by atoms with Crippen molar-refractivity contribution >= 4 is 17.7 Å². The zero-order chi connectivity index (χ0) is 11.1. The lowest BCUT2D eigenvalue weighted by Gasteiger charge is -2.19. The smallest absolute Gasteiger partial charge is 0.238 e. The number of hydrogen-bond acceptors (Lipinski definition) is 3. The lowest BCUT2D eigenvalue weighted by Crippen LogP contribution is -2.43. The Morgan fingerprint density at radius 2 is 2.00 bits per heavy atom. The molecule has 0 aromatic carbocycles. The van der Waals surface area contributed by atoms with Crippen LogP contribution in [-0.4, -0.2) is 49.5 Å². The van der Waals surface area contributed by atoms with Gasteiger partial charge >= 0.3 is 0 Å². The van der Waals surface area contributed by atoms with Crippen LogP contribution in [0.25, 0.3) is 0 Å². The van der Waals surface area contributed by atoms with Crippen LogP contribution in [0.3, 0.4) is 0 Å². The minimum atomic E-state index is -0.0747. The van der Waals surface area contributed by atoms with Crippen LogP contribution in [0.1, 0.15) is 13.8 Å². The molecule has 0 aromatic heterocycles. The first-order valence-electron chi connectivity index (χ1n) is 4.92. The molecule has 0 saturated carbocycles. The minimum absolute atomic E-state index is 0.0747. The Bertz CT molecular complexity index is 174. The number of likely N-dealkylation sites (N-methyl/N-ethyl adjacent to an activating group) is 1. The lowest BCUT2D eigenvalue weighted by molar-refractivity contribution is -0.130. The molecule has 4 heteroatoms. The predicted molar refractivity (Wildman–Crippen MR) is 63.7 cm³/mol. The second-order valence-corrected chi connectivity index (χ2v) is 4.83. The monoisotopic (exact) mass is 218 g/mol. The minimum Gasteiger partial charge on any atom is -0.347 e. The zero-order valence-corrected chi connectivity index (χ0v) is 10.6. The van der Waals surface area contributed by atoms with Crippen molar-refractivity contribution in [2.24, 2.45) is 5.92 Å². The highest BCUT2D eigenvalue weighted by Crippen LogP contribution is 2.03. The van der Waals surface area contributed by atoms with E-state index < -0.39 is 0 Å². The van der Waals surface area contributed by atoms with Gasteiger partial charge in [-0.25, -0.2) is 0 Å². The third kappa shape index (κ3) is 5.50.